The molecular formula is C23H24N6O2. The highest BCUT2D eigenvalue weighted by Crippen LogP contribution is 2.31. The Morgan fingerprint density at radius 3 is 2.45 bits per heavy atom. The summed E-state index contributed by atoms with van der Waals surface area (Å²) in [5.74, 6) is 3.20. The van der Waals surface area contributed by atoms with Crippen LogP contribution >= 0.6 is 0 Å². The summed E-state index contributed by atoms with van der Waals surface area (Å²) < 4.78 is 12.5. The van der Waals surface area contributed by atoms with Gasteiger partial charge in [-0.05, 0) is 43.7 Å². The van der Waals surface area contributed by atoms with Crippen LogP contribution in [0.2, 0.25) is 0 Å². The molecule has 4 aromatic rings. The van der Waals surface area contributed by atoms with Crippen molar-refractivity contribution in [2.75, 3.05) is 24.9 Å². The fourth-order valence-corrected chi connectivity index (χ4v) is 3.24. The molecule has 0 radical (unpaired) electrons. The number of para-hydroxylation sites is 1. The molecule has 0 spiro atoms. The van der Waals surface area contributed by atoms with Crippen LogP contribution in [0.5, 0.6) is 11.5 Å². The molecule has 8 nitrogen and oxygen atoms in total. The van der Waals surface area contributed by atoms with Crippen LogP contribution in [-0.2, 0) is 0 Å². The summed E-state index contributed by atoms with van der Waals surface area (Å²) in [6, 6.07) is 17.4. The monoisotopic (exact) mass is 416 g/mol. The number of rotatable bonds is 7. The number of ether oxygens (including phenoxy) is 2. The number of nitrogens with one attached hydrogen (secondary N) is 2. The van der Waals surface area contributed by atoms with E-state index >= 15 is 0 Å². The standard InChI is InChI=1S/C23H24N6O2/c1-15-7-5-6-8-18(15)29-22(13-16(2)28-29)26-21-11-12-24-23(27-21)25-17-9-10-19(30-3)20(14-17)31-4/h5-14H,1-4H3,(H2,24,25,26,27). The van der Waals surface area contributed by atoms with E-state index in [1.807, 2.05) is 60.1 Å². The van der Waals surface area contributed by atoms with Crippen LogP contribution in [0.3, 0.4) is 0 Å². The summed E-state index contributed by atoms with van der Waals surface area (Å²) in [6.45, 7) is 4.02. The summed E-state index contributed by atoms with van der Waals surface area (Å²) in [6.07, 6.45) is 1.69. The lowest BCUT2D eigenvalue weighted by atomic mass is 10.2. The molecule has 0 amide bonds. The van der Waals surface area contributed by atoms with Crippen molar-refractivity contribution < 1.29 is 9.47 Å². The highest BCUT2D eigenvalue weighted by atomic mass is 16.5. The molecule has 0 saturated heterocycles. The highest BCUT2D eigenvalue weighted by molar-refractivity contribution is 5.62. The Labute approximate surface area is 180 Å². The maximum atomic E-state index is 5.36. The van der Waals surface area contributed by atoms with E-state index in [0.717, 1.165) is 28.5 Å². The van der Waals surface area contributed by atoms with E-state index in [1.54, 1.807) is 20.4 Å². The Morgan fingerprint density at radius 2 is 1.68 bits per heavy atom. The molecule has 31 heavy (non-hydrogen) atoms. The Morgan fingerprint density at radius 1 is 0.871 bits per heavy atom. The summed E-state index contributed by atoms with van der Waals surface area (Å²) in [5.41, 5.74) is 3.84. The first-order valence-electron chi connectivity index (χ1n) is 9.79. The van der Waals surface area contributed by atoms with Crippen molar-refractivity contribution in [3.8, 4) is 17.2 Å². The molecule has 2 heterocycles. The number of aromatic nitrogens is 4. The molecule has 0 aliphatic carbocycles. The third kappa shape index (κ3) is 4.42. The maximum Gasteiger partial charge on any atom is 0.229 e. The molecule has 0 aliphatic heterocycles. The Hall–Kier alpha value is -4.07. The number of benzene rings is 2. The minimum Gasteiger partial charge on any atom is -0.493 e. The third-order valence-electron chi connectivity index (χ3n) is 4.73. The second-order valence-electron chi connectivity index (χ2n) is 6.95. The Bertz CT molecular complexity index is 1200. The fraction of sp³-hybridized carbons (Fsp3) is 0.174. The quantitative estimate of drug-likeness (QED) is 0.448. The SMILES string of the molecule is COc1ccc(Nc2nccc(Nc3cc(C)nn3-c3ccccc3C)n2)cc1OC. The highest BCUT2D eigenvalue weighted by Gasteiger charge is 2.11. The van der Waals surface area contributed by atoms with Gasteiger partial charge in [0.2, 0.25) is 5.95 Å². The van der Waals surface area contributed by atoms with Gasteiger partial charge in [-0.25, -0.2) is 9.67 Å². The number of hydrogen-bond donors (Lipinski definition) is 2. The van der Waals surface area contributed by atoms with Crippen LogP contribution in [0, 0.1) is 13.8 Å². The van der Waals surface area contributed by atoms with E-state index in [0.29, 0.717) is 23.3 Å². The number of hydrogen-bond acceptors (Lipinski definition) is 7. The van der Waals surface area contributed by atoms with Gasteiger partial charge in [-0.1, -0.05) is 18.2 Å². The number of methoxy groups -OCH3 is 2. The van der Waals surface area contributed by atoms with Gasteiger partial charge in [-0.15, -0.1) is 0 Å². The molecule has 0 saturated carbocycles. The van der Waals surface area contributed by atoms with Crippen molar-refractivity contribution in [3.05, 3.63) is 72.1 Å². The first kappa shape index (κ1) is 20.2. The topological polar surface area (TPSA) is 86.1 Å². The molecular weight excluding hydrogens is 392 g/mol. The van der Waals surface area contributed by atoms with Crippen LogP contribution in [0.25, 0.3) is 5.69 Å². The van der Waals surface area contributed by atoms with Crippen LogP contribution < -0.4 is 20.1 Å². The molecule has 158 valence electrons. The van der Waals surface area contributed by atoms with Crippen LogP contribution in [0.15, 0.2) is 60.8 Å². The lowest BCUT2D eigenvalue weighted by molar-refractivity contribution is 0.355. The van der Waals surface area contributed by atoms with Gasteiger partial charge in [-0.2, -0.15) is 10.1 Å². The van der Waals surface area contributed by atoms with Crippen molar-refractivity contribution in [2.45, 2.75) is 13.8 Å². The van der Waals surface area contributed by atoms with Crippen molar-refractivity contribution in [1.82, 2.24) is 19.7 Å². The van der Waals surface area contributed by atoms with Crippen LogP contribution in [0.1, 0.15) is 11.3 Å². The predicted octanol–water partition coefficient (Wildman–Crippen LogP) is 4.78. The van der Waals surface area contributed by atoms with E-state index < -0.39 is 0 Å². The Kier molecular flexibility index (Phi) is 5.70. The van der Waals surface area contributed by atoms with E-state index in [2.05, 4.69) is 38.7 Å². The molecule has 4 rings (SSSR count). The van der Waals surface area contributed by atoms with E-state index in [1.165, 1.54) is 0 Å². The van der Waals surface area contributed by atoms with Crippen molar-refractivity contribution >= 4 is 23.3 Å². The van der Waals surface area contributed by atoms with E-state index in [4.69, 9.17) is 9.47 Å². The molecule has 0 atom stereocenters. The summed E-state index contributed by atoms with van der Waals surface area (Å²) in [4.78, 5) is 8.90. The average molecular weight is 416 g/mol. The van der Waals surface area contributed by atoms with E-state index in [-0.39, 0.29) is 0 Å². The summed E-state index contributed by atoms with van der Waals surface area (Å²) in [5, 5.41) is 11.2. The lowest BCUT2D eigenvalue weighted by Gasteiger charge is -2.13. The summed E-state index contributed by atoms with van der Waals surface area (Å²) in [7, 11) is 3.20. The second kappa shape index (κ2) is 8.74. The molecule has 0 unspecified atom stereocenters. The average Bonchev–Trinajstić information content (AvgIpc) is 3.13. The van der Waals surface area contributed by atoms with Crippen molar-refractivity contribution in [2.24, 2.45) is 0 Å². The molecule has 2 N–H and O–H groups in total. The van der Waals surface area contributed by atoms with Gasteiger partial charge in [0.1, 0.15) is 11.6 Å². The number of aryl methyl sites for hydroxylation is 2. The zero-order chi connectivity index (χ0) is 21.8. The second-order valence-corrected chi connectivity index (χ2v) is 6.95. The lowest BCUT2D eigenvalue weighted by Crippen LogP contribution is -2.06. The van der Waals surface area contributed by atoms with Gasteiger partial charge in [0.15, 0.2) is 11.5 Å². The van der Waals surface area contributed by atoms with Gasteiger partial charge in [-0.3, -0.25) is 0 Å². The van der Waals surface area contributed by atoms with Gasteiger partial charge >= 0.3 is 0 Å². The van der Waals surface area contributed by atoms with Gasteiger partial charge in [0.05, 0.1) is 25.6 Å². The van der Waals surface area contributed by atoms with Gasteiger partial charge < -0.3 is 20.1 Å². The number of nitrogens with zero attached hydrogens (tertiary/aromatic N) is 4. The van der Waals surface area contributed by atoms with Crippen molar-refractivity contribution in [3.63, 3.8) is 0 Å². The smallest absolute Gasteiger partial charge is 0.229 e. The molecule has 0 fully saturated rings. The third-order valence-corrected chi connectivity index (χ3v) is 4.73. The first-order valence-corrected chi connectivity index (χ1v) is 9.79. The predicted molar refractivity (Wildman–Crippen MR) is 121 cm³/mol. The minimum atomic E-state index is 0.455. The van der Waals surface area contributed by atoms with Gasteiger partial charge in [0, 0.05) is 24.0 Å². The fourth-order valence-electron chi connectivity index (χ4n) is 3.24. The molecule has 8 heteroatoms. The zero-order valence-corrected chi connectivity index (χ0v) is 17.9. The maximum absolute atomic E-state index is 5.36. The van der Waals surface area contributed by atoms with Crippen LogP contribution in [0.4, 0.5) is 23.3 Å². The molecule has 2 aromatic carbocycles. The first-order chi connectivity index (χ1) is 15.1. The van der Waals surface area contributed by atoms with Crippen LogP contribution in [-0.4, -0.2) is 34.0 Å². The number of anilines is 4. The normalized spacial score (nSPS) is 10.6. The molecule has 0 aliphatic rings. The molecule has 0 bridgehead atoms. The molecule has 2 aromatic heterocycles. The Balaban J connectivity index is 1.59. The van der Waals surface area contributed by atoms with Gasteiger partial charge in [0.25, 0.3) is 0 Å². The zero-order valence-electron chi connectivity index (χ0n) is 17.9. The largest absolute Gasteiger partial charge is 0.493 e. The summed E-state index contributed by atoms with van der Waals surface area (Å²) >= 11 is 0. The van der Waals surface area contributed by atoms with Crippen molar-refractivity contribution in [1.29, 1.82) is 0 Å². The van der Waals surface area contributed by atoms with E-state index in [9.17, 15) is 0 Å². The minimum absolute atomic E-state index is 0.455.